The number of rotatable bonds is 6. The van der Waals surface area contributed by atoms with Gasteiger partial charge in [0.2, 0.25) is 0 Å². The van der Waals surface area contributed by atoms with Crippen LogP contribution in [0.1, 0.15) is 5.56 Å². The molecule has 2 aromatic rings. The number of fused-ring (bicyclic) bond motifs is 4. The summed E-state index contributed by atoms with van der Waals surface area (Å²) < 4.78 is 57.4. The van der Waals surface area contributed by atoms with Crippen molar-refractivity contribution in [3.8, 4) is 23.0 Å². The standard InChI is InChI=1S/C19H12BCl2N4O8S2/c1-6-2-3-8-15(19(6)36(28,29)30)32-17-11(22)12-16(10(21)13(17)25-8)31-14-7(24-12)4-5-9(26-20-23)18(14)35-34-33-27/h2-5,25,27H,23H2,1H3,(H,28,29,30)/b26-9+/i23T. The van der Waals surface area contributed by atoms with Gasteiger partial charge in [-0.05, 0) is 30.7 Å². The molecule has 2 aromatic carbocycles. The fourth-order valence-corrected chi connectivity index (χ4v) is 5.61. The first-order valence-corrected chi connectivity index (χ1v) is 12.6. The fourth-order valence-electron chi connectivity index (χ4n) is 3.70. The lowest BCUT2D eigenvalue weighted by Gasteiger charge is -2.26. The minimum atomic E-state index is -4.64. The number of nitrogens with zero attached hydrogens (tertiary/aromatic N) is 2. The highest BCUT2D eigenvalue weighted by atomic mass is 35.5. The normalized spacial score (nSPS) is 13.7. The van der Waals surface area contributed by atoms with Crippen LogP contribution in [0.4, 0.5) is 11.4 Å². The smallest absolute Gasteiger partial charge is 0.368 e. The molecule has 0 aromatic heterocycles. The highest BCUT2D eigenvalue weighted by molar-refractivity contribution is 7.94. The topological polar surface area (TPSA) is 179 Å². The number of benzene rings is 3. The first-order valence-electron chi connectivity index (χ1n) is 10.2. The third kappa shape index (κ3) is 4.08. The second kappa shape index (κ2) is 9.37. The summed E-state index contributed by atoms with van der Waals surface area (Å²) in [6.07, 6.45) is 0. The summed E-state index contributed by atoms with van der Waals surface area (Å²) in [6, 6.07) is 6.13. The maximum Gasteiger partial charge on any atom is 0.368 e. The molecule has 1 aliphatic carbocycles. The Bertz CT molecular complexity index is 1720. The van der Waals surface area contributed by atoms with E-state index in [-0.39, 0.29) is 71.3 Å². The number of hydrogen-bond acceptors (Lipinski definition) is 12. The summed E-state index contributed by atoms with van der Waals surface area (Å²) >= 11 is 13.9. The zero-order valence-electron chi connectivity index (χ0n) is 18.7. The van der Waals surface area contributed by atoms with Crippen molar-refractivity contribution in [1.82, 2.24) is 4.98 Å². The number of hydrogen-bond donors (Lipinski definition) is 4. The SMILES string of the molecule is [3H]N[B]/N=c1\ccc2nc3c(Cl)c4c(c(Cl)c3oc-2c1SOOO)Nc1ccc(C)c(S(=O)(=O)O)c1O4. The third-order valence-corrected chi connectivity index (χ3v) is 7.58. The van der Waals surface area contributed by atoms with Gasteiger partial charge >= 0.3 is 7.55 Å². The maximum atomic E-state index is 12.0. The van der Waals surface area contributed by atoms with Gasteiger partial charge in [-0.3, -0.25) is 4.55 Å². The van der Waals surface area contributed by atoms with Crippen LogP contribution in [-0.4, -0.2) is 30.8 Å². The first kappa shape index (κ1) is 23.8. The van der Waals surface area contributed by atoms with Crippen LogP contribution in [0.15, 0.2) is 43.4 Å². The second-order valence-corrected chi connectivity index (χ2v) is 10.1. The van der Waals surface area contributed by atoms with Crippen LogP contribution in [0.2, 0.25) is 11.5 Å². The molecule has 0 saturated heterocycles. The molecule has 0 saturated carbocycles. The molecule has 17 heteroatoms. The summed E-state index contributed by atoms with van der Waals surface area (Å²) in [5.74, 6) is -0.0533. The van der Waals surface area contributed by atoms with Crippen LogP contribution in [0.25, 0.3) is 22.6 Å². The van der Waals surface area contributed by atoms with E-state index in [1.165, 1.54) is 19.1 Å². The number of aromatic nitrogens is 1. The zero-order valence-corrected chi connectivity index (χ0v) is 20.8. The molecule has 0 unspecified atom stereocenters. The molecule has 0 fully saturated rings. The van der Waals surface area contributed by atoms with E-state index in [0.29, 0.717) is 12.0 Å². The average molecular weight is 572 g/mol. The predicted molar refractivity (Wildman–Crippen MR) is 131 cm³/mol. The molecule has 3 aliphatic rings. The van der Waals surface area contributed by atoms with E-state index in [0.717, 1.165) is 7.55 Å². The molecule has 36 heavy (non-hydrogen) atoms. The van der Waals surface area contributed by atoms with Gasteiger partial charge in [-0.15, -0.1) is 4.33 Å². The lowest BCUT2D eigenvalue weighted by atomic mass is 10.1. The molecule has 2 aliphatic heterocycles. The van der Waals surface area contributed by atoms with Crippen LogP contribution in [0, 0.1) is 6.92 Å². The minimum Gasteiger partial charge on any atom is -0.450 e. The van der Waals surface area contributed by atoms with Gasteiger partial charge in [-0.2, -0.15) is 8.42 Å². The Morgan fingerprint density at radius 1 is 1.28 bits per heavy atom. The Hall–Kier alpha value is -2.60. The number of anilines is 2. The van der Waals surface area contributed by atoms with Crippen molar-refractivity contribution in [2.24, 2.45) is 10.5 Å². The number of nitrogens with one attached hydrogen (secondary N) is 1. The van der Waals surface area contributed by atoms with Crippen molar-refractivity contribution in [2.45, 2.75) is 16.7 Å². The van der Waals surface area contributed by atoms with Gasteiger partial charge in [0.25, 0.3) is 10.1 Å². The summed E-state index contributed by atoms with van der Waals surface area (Å²) in [5, 5.41) is 15.5. The number of nitrogens with two attached hydrogens (primary N) is 1. The molecule has 185 valence electrons. The number of halogens is 2. The summed E-state index contributed by atoms with van der Waals surface area (Å²) in [7, 11) is -3.54. The van der Waals surface area contributed by atoms with Crippen molar-refractivity contribution in [2.75, 3.05) is 5.32 Å². The Morgan fingerprint density at radius 2 is 2.08 bits per heavy atom. The number of ether oxygens (including phenoxy) is 1. The molecule has 5 N–H and O–H groups in total. The molecular formula is C19H12BCl2N4O8S2. The van der Waals surface area contributed by atoms with Crippen LogP contribution >= 0.6 is 35.2 Å². The fraction of sp³-hybridized carbons (Fsp3) is 0.0526. The van der Waals surface area contributed by atoms with E-state index < -0.39 is 15.0 Å². The van der Waals surface area contributed by atoms with E-state index in [9.17, 15) is 13.0 Å². The van der Waals surface area contributed by atoms with Crippen molar-refractivity contribution in [3.05, 3.63) is 45.2 Å². The molecule has 1 radical (unpaired) electrons. The lowest BCUT2D eigenvalue weighted by Crippen LogP contribution is -2.14. The van der Waals surface area contributed by atoms with Crippen molar-refractivity contribution in [1.29, 1.82) is 0 Å². The molecular weight excluding hydrogens is 558 g/mol. The highest BCUT2D eigenvalue weighted by Gasteiger charge is 2.33. The maximum absolute atomic E-state index is 12.0. The Labute approximate surface area is 218 Å². The molecule has 5 rings (SSSR count). The lowest BCUT2D eigenvalue weighted by molar-refractivity contribution is -0.432. The molecule has 0 atom stereocenters. The minimum absolute atomic E-state index is 0.000404. The molecule has 12 nitrogen and oxygen atoms in total. The highest BCUT2D eigenvalue weighted by Crippen LogP contribution is 2.54. The van der Waals surface area contributed by atoms with Gasteiger partial charge in [-0.25, -0.2) is 10.2 Å². The van der Waals surface area contributed by atoms with Crippen LogP contribution < -0.4 is 21.0 Å². The van der Waals surface area contributed by atoms with Gasteiger partial charge < -0.3 is 25.0 Å². The molecule has 0 bridgehead atoms. The predicted octanol–water partition coefficient (Wildman–Crippen LogP) is 4.47. The van der Waals surface area contributed by atoms with E-state index in [1.807, 2.05) is 5.64 Å². The van der Waals surface area contributed by atoms with Crippen molar-refractivity contribution >= 4 is 75.4 Å². The Morgan fingerprint density at radius 3 is 2.81 bits per heavy atom. The van der Waals surface area contributed by atoms with Gasteiger partial charge in [0, 0.05) is 0 Å². The van der Waals surface area contributed by atoms with Crippen LogP contribution in [-0.2, 0) is 19.5 Å². The molecule has 0 spiro atoms. The summed E-state index contributed by atoms with van der Waals surface area (Å²) in [5.41, 5.74) is 3.04. The quantitative estimate of drug-likeness (QED) is 0.0561. The van der Waals surface area contributed by atoms with E-state index >= 15 is 0 Å². The molecule has 2 heterocycles. The summed E-state index contributed by atoms with van der Waals surface area (Å²) in [6.45, 7) is 1.50. The van der Waals surface area contributed by atoms with Gasteiger partial charge in [0.05, 0.1) is 23.1 Å². The summed E-state index contributed by atoms with van der Waals surface area (Å²) in [4.78, 5) is 8.39. The van der Waals surface area contributed by atoms with Gasteiger partial charge in [-0.1, -0.05) is 34.3 Å². The van der Waals surface area contributed by atoms with E-state index in [4.69, 9.17) is 39.0 Å². The van der Waals surface area contributed by atoms with E-state index in [1.54, 1.807) is 12.1 Å². The van der Waals surface area contributed by atoms with E-state index in [2.05, 4.69) is 24.6 Å². The molecule has 0 amide bonds. The largest absolute Gasteiger partial charge is 0.450 e. The van der Waals surface area contributed by atoms with Crippen LogP contribution in [0.5, 0.6) is 11.5 Å². The van der Waals surface area contributed by atoms with Gasteiger partial charge in [0.1, 0.15) is 38.1 Å². The first-order chi connectivity index (χ1) is 17.7. The number of aryl methyl sites for hydroxylation is 1. The van der Waals surface area contributed by atoms with Crippen molar-refractivity contribution in [3.63, 3.8) is 0 Å². The zero-order chi connectivity index (χ0) is 26.5. The monoisotopic (exact) mass is 571 g/mol. The second-order valence-electron chi connectivity index (χ2n) is 7.26. The Kier molecular flexibility index (Phi) is 6.19. The third-order valence-electron chi connectivity index (χ3n) is 5.16. The average Bonchev–Trinajstić information content (AvgIpc) is 2.87. The van der Waals surface area contributed by atoms with Gasteiger partial charge in [0.15, 0.2) is 22.8 Å². The van der Waals surface area contributed by atoms with Crippen LogP contribution in [0.3, 0.4) is 0 Å². The Balaban J connectivity index is 1.77. The van der Waals surface area contributed by atoms with Crippen molar-refractivity contribution < 1.29 is 38.2 Å².